The summed E-state index contributed by atoms with van der Waals surface area (Å²) in [6.07, 6.45) is 7.13. The van der Waals surface area contributed by atoms with E-state index in [4.69, 9.17) is 4.74 Å². The van der Waals surface area contributed by atoms with Crippen LogP contribution in [-0.4, -0.2) is 28.5 Å². The van der Waals surface area contributed by atoms with Crippen molar-refractivity contribution in [2.45, 2.75) is 65.3 Å². The first kappa shape index (κ1) is 25.7. The molecule has 2 N–H and O–H groups in total. The molecule has 0 radical (unpaired) electrons. The highest BCUT2D eigenvalue weighted by Crippen LogP contribution is 2.40. The number of esters is 1. The number of nitrogens with one attached hydrogen (secondary N) is 2. The number of nitrogens with zero attached hydrogens (tertiary/aromatic N) is 1. The van der Waals surface area contributed by atoms with Crippen molar-refractivity contribution >= 4 is 46.7 Å². The third-order valence-electron chi connectivity index (χ3n) is 6.98. The predicted octanol–water partition coefficient (Wildman–Crippen LogP) is 6.37. The van der Waals surface area contributed by atoms with Gasteiger partial charge in [-0.1, -0.05) is 30.8 Å². The Morgan fingerprint density at radius 1 is 1.19 bits per heavy atom. The van der Waals surface area contributed by atoms with Gasteiger partial charge in [0.2, 0.25) is 0 Å². The normalized spacial score (nSPS) is 18.1. The van der Waals surface area contributed by atoms with E-state index in [1.165, 1.54) is 22.2 Å². The van der Waals surface area contributed by atoms with Gasteiger partial charge >= 0.3 is 5.97 Å². The van der Waals surface area contributed by atoms with Crippen molar-refractivity contribution in [2.24, 2.45) is 0 Å². The van der Waals surface area contributed by atoms with Crippen molar-refractivity contribution in [1.82, 2.24) is 9.88 Å². The summed E-state index contributed by atoms with van der Waals surface area (Å²) in [4.78, 5) is 27.8. The molecule has 0 bridgehead atoms. The quantitative estimate of drug-likeness (QED) is 0.272. The molecular weight excluding hydrogens is 502 g/mol. The van der Waals surface area contributed by atoms with Gasteiger partial charge in [-0.15, -0.1) is 11.3 Å². The van der Waals surface area contributed by atoms with Crippen LogP contribution in [0.1, 0.15) is 70.0 Å². The first-order valence-electron chi connectivity index (χ1n) is 12.9. The van der Waals surface area contributed by atoms with Crippen LogP contribution >= 0.6 is 23.1 Å². The summed E-state index contributed by atoms with van der Waals surface area (Å²) in [7, 11) is 0. The number of rotatable bonds is 7. The maximum atomic E-state index is 13.0. The molecule has 1 aromatic carbocycles. The van der Waals surface area contributed by atoms with Gasteiger partial charge < -0.3 is 19.9 Å². The predicted molar refractivity (Wildman–Crippen MR) is 153 cm³/mol. The highest BCUT2D eigenvalue weighted by Gasteiger charge is 2.30. The molecule has 1 aliphatic carbocycles. The van der Waals surface area contributed by atoms with Gasteiger partial charge in [0.15, 0.2) is 5.50 Å². The average Bonchev–Trinajstić information content (AvgIpc) is 3.52. The molecule has 3 aromatic rings. The summed E-state index contributed by atoms with van der Waals surface area (Å²) in [5, 5.41) is 7.35. The lowest BCUT2D eigenvalue weighted by Gasteiger charge is -2.13. The molecule has 1 saturated heterocycles. The van der Waals surface area contributed by atoms with Gasteiger partial charge in [0.1, 0.15) is 5.00 Å². The van der Waals surface area contributed by atoms with Crippen LogP contribution < -0.4 is 10.6 Å². The second-order valence-electron chi connectivity index (χ2n) is 9.45. The van der Waals surface area contributed by atoms with Crippen molar-refractivity contribution in [3.8, 4) is 5.00 Å². The molecule has 1 aliphatic heterocycles. The lowest BCUT2D eigenvalue weighted by molar-refractivity contribution is -0.116. The molecule has 2 aromatic heterocycles. The number of hydrogen-bond donors (Lipinski definition) is 2. The number of aromatic nitrogens is 1. The van der Waals surface area contributed by atoms with Crippen LogP contribution in [0.15, 0.2) is 35.2 Å². The number of benzene rings is 1. The first-order chi connectivity index (χ1) is 17.9. The van der Waals surface area contributed by atoms with E-state index in [2.05, 4.69) is 54.2 Å². The van der Waals surface area contributed by atoms with Crippen molar-refractivity contribution in [2.75, 3.05) is 11.9 Å². The Labute approximate surface area is 226 Å². The Kier molecular flexibility index (Phi) is 7.49. The molecular formula is C29H33N3O3S2. The molecule has 37 heavy (non-hydrogen) atoms. The van der Waals surface area contributed by atoms with Crippen LogP contribution in [0, 0.1) is 13.8 Å². The summed E-state index contributed by atoms with van der Waals surface area (Å²) in [6, 6.07) is 10.4. The number of thiophene rings is 1. The Bertz CT molecular complexity index is 1370. The number of fused-ring (bicyclic) bond motifs is 1. The molecule has 0 saturated carbocycles. The minimum atomic E-state index is -0.240. The number of carbonyl (C=O) groups is 2. The molecule has 5 rings (SSSR count). The average molecular weight is 536 g/mol. The number of aryl methyl sites for hydroxylation is 3. The molecule has 0 unspecified atom stereocenters. The van der Waals surface area contributed by atoms with E-state index in [0.717, 1.165) is 65.3 Å². The van der Waals surface area contributed by atoms with E-state index >= 15 is 0 Å². The largest absolute Gasteiger partial charge is 0.462 e. The van der Waals surface area contributed by atoms with Gasteiger partial charge in [-0.2, -0.15) is 0 Å². The SMILES string of the molecule is CCOC(=O)c1c(-n2c(C)cc(/C=C3\S[C@@H](Nc4ccc(CC)cc4)NC3=O)c2C)sc2c1CCCC2. The lowest BCUT2D eigenvalue weighted by Crippen LogP contribution is -2.30. The highest BCUT2D eigenvalue weighted by molar-refractivity contribution is 8.05. The Hall–Kier alpha value is -2.97. The zero-order valence-electron chi connectivity index (χ0n) is 21.8. The molecule has 194 valence electrons. The van der Waals surface area contributed by atoms with Gasteiger partial charge in [-0.25, -0.2) is 4.79 Å². The number of hydrogen-bond acceptors (Lipinski definition) is 6. The van der Waals surface area contributed by atoms with Gasteiger partial charge in [0.25, 0.3) is 5.91 Å². The standard InChI is InChI=1S/C29H33N3O3S2/c1-5-19-11-13-21(14-12-19)30-29-31-26(33)24(37-29)16-20-15-17(3)32(18(20)4)27-25(28(34)35-6-2)22-9-7-8-10-23(22)36-27/h11-16,29-30H,5-10H2,1-4H3,(H,31,33)/b24-16-/t29-/m0/s1. The van der Waals surface area contributed by atoms with Gasteiger partial charge in [0, 0.05) is 22.0 Å². The third-order valence-corrected chi connectivity index (χ3v) is 9.29. The van der Waals surface area contributed by atoms with Gasteiger partial charge in [-0.05, 0) is 93.8 Å². The molecule has 6 nitrogen and oxygen atoms in total. The maximum absolute atomic E-state index is 13.0. The second kappa shape index (κ2) is 10.8. The van der Waals surface area contributed by atoms with Gasteiger partial charge in [0.05, 0.1) is 17.1 Å². The molecule has 3 heterocycles. The Morgan fingerprint density at radius 3 is 2.68 bits per heavy atom. The van der Waals surface area contributed by atoms with Crippen LogP contribution in [0.2, 0.25) is 0 Å². The monoisotopic (exact) mass is 535 g/mol. The Morgan fingerprint density at radius 2 is 1.95 bits per heavy atom. The van der Waals surface area contributed by atoms with E-state index in [1.807, 2.05) is 25.1 Å². The minimum absolute atomic E-state index is 0.0868. The molecule has 0 spiro atoms. The second-order valence-corrected chi connectivity index (χ2v) is 11.7. The van der Waals surface area contributed by atoms with Crippen molar-refractivity contribution in [1.29, 1.82) is 0 Å². The number of amides is 1. The van der Waals surface area contributed by atoms with Gasteiger partial charge in [-0.3, -0.25) is 4.79 Å². The smallest absolute Gasteiger partial charge is 0.341 e. The number of carbonyl (C=O) groups excluding carboxylic acids is 2. The van der Waals surface area contributed by atoms with E-state index in [-0.39, 0.29) is 17.4 Å². The van der Waals surface area contributed by atoms with Crippen LogP contribution in [-0.2, 0) is 28.8 Å². The lowest BCUT2D eigenvalue weighted by atomic mass is 9.95. The summed E-state index contributed by atoms with van der Waals surface area (Å²) in [6.45, 7) is 8.44. The fourth-order valence-corrected chi connectivity index (χ4v) is 7.53. The van der Waals surface area contributed by atoms with Crippen LogP contribution in [0.4, 0.5) is 5.69 Å². The number of ether oxygens (including phenoxy) is 1. The van der Waals surface area contributed by atoms with Crippen molar-refractivity contribution < 1.29 is 14.3 Å². The summed E-state index contributed by atoms with van der Waals surface area (Å²) in [5.41, 5.74) is 6.91. The van der Waals surface area contributed by atoms with E-state index in [0.29, 0.717) is 17.1 Å². The molecule has 1 amide bonds. The molecule has 8 heteroatoms. The fraction of sp³-hybridized carbons (Fsp3) is 0.379. The number of anilines is 1. The molecule has 2 aliphatic rings. The topological polar surface area (TPSA) is 72.4 Å². The minimum Gasteiger partial charge on any atom is -0.462 e. The molecule has 1 fully saturated rings. The summed E-state index contributed by atoms with van der Waals surface area (Å²) < 4.78 is 7.63. The molecule has 1 atom stereocenters. The van der Waals surface area contributed by atoms with Crippen LogP contribution in [0.5, 0.6) is 0 Å². The summed E-state index contributed by atoms with van der Waals surface area (Å²) in [5.74, 6) is -0.327. The fourth-order valence-electron chi connectivity index (χ4n) is 5.06. The summed E-state index contributed by atoms with van der Waals surface area (Å²) >= 11 is 3.19. The van der Waals surface area contributed by atoms with Crippen molar-refractivity contribution in [3.05, 3.63) is 73.8 Å². The highest BCUT2D eigenvalue weighted by atomic mass is 32.2. The van der Waals surface area contributed by atoms with Crippen LogP contribution in [0.25, 0.3) is 11.1 Å². The zero-order chi connectivity index (χ0) is 26.1. The number of thioether (sulfide) groups is 1. The zero-order valence-corrected chi connectivity index (χ0v) is 23.4. The third kappa shape index (κ3) is 5.09. The van der Waals surface area contributed by atoms with E-state index < -0.39 is 0 Å². The Balaban J connectivity index is 1.44. The van der Waals surface area contributed by atoms with Crippen LogP contribution in [0.3, 0.4) is 0 Å². The van der Waals surface area contributed by atoms with E-state index in [1.54, 1.807) is 11.3 Å². The maximum Gasteiger partial charge on any atom is 0.341 e. The van der Waals surface area contributed by atoms with E-state index in [9.17, 15) is 9.59 Å². The first-order valence-corrected chi connectivity index (χ1v) is 14.6. The van der Waals surface area contributed by atoms with Crippen molar-refractivity contribution in [3.63, 3.8) is 0 Å².